The van der Waals surface area contributed by atoms with E-state index in [4.69, 9.17) is 19.5 Å². The predicted molar refractivity (Wildman–Crippen MR) is 108 cm³/mol. The molecule has 1 aliphatic carbocycles. The first-order valence-electron chi connectivity index (χ1n) is 8.91. The molecule has 2 aromatic rings. The van der Waals surface area contributed by atoms with Crippen molar-refractivity contribution in [2.24, 2.45) is 0 Å². The molecular formula is C22H22N2O4. The molecule has 1 heterocycles. The fourth-order valence-corrected chi connectivity index (χ4v) is 3.25. The van der Waals surface area contributed by atoms with Crippen molar-refractivity contribution in [3.63, 3.8) is 0 Å². The molecule has 6 nitrogen and oxygen atoms in total. The molecule has 1 aliphatic rings. The Morgan fingerprint density at radius 3 is 2.61 bits per heavy atom. The highest BCUT2D eigenvalue weighted by molar-refractivity contribution is 5.91. The van der Waals surface area contributed by atoms with Crippen LogP contribution in [0.4, 0.5) is 0 Å². The SMILES string of the molecule is COC1=CCC=C(c2cn(CCC#N)c3cc(OC)cc(OC)c3c2=O)C=C1. The zero-order chi connectivity index (χ0) is 20.1. The highest BCUT2D eigenvalue weighted by atomic mass is 16.5. The third-order valence-corrected chi connectivity index (χ3v) is 4.67. The van der Waals surface area contributed by atoms with E-state index in [0.29, 0.717) is 47.4 Å². The fourth-order valence-electron chi connectivity index (χ4n) is 3.25. The van der Waals surface area contributed by atoms with E-state index in [2.05, 4.69) is 6.07 Å². The number of pyridine rings is 1. The Bertz CT molecular complexity index is 1080. The van der Waals surface area contributed by atoms with Crippen LogP contribution in [0.25, 0.3) is 16.5 Å². The van der Waals surface area contributed by atoms with Gasteiger partial charge < -0.3 is 18.8 Å². The van der Waals surface area contributed by atoms with Crippen molar-refractivity contribution in [3.05, 3.63) is 64.2 Å². The van der Waals surface area contributed by atoms with Crippen LogP contribution in [0, 0.1) is 11.3 Å². The van der Waals surface area contributed by atoms with Crippen LogP contribution in [-0.4, -0.2) is 25.9 Å². The highest BCUT2D eigenvalue weighted by Crippen LogP contribution is 2.31. The lowest BCUT2D eigenvalue weighted by molar-refractivity contribution is 0.306. The largest absolute Gasteiger partial charge is 0.497 e. The molecule has 3 rings (SSSR count). The maximum Gasteiger partial charge on any atom is 0.200 e. The van der Waals surface area contributed by atoms with Gasteiger partial charge in [-0.1, -0.05) is 12.2 Å². The standard InChI is InChI=1S/C22H22N2O4/c1-26-16-7-4-6-15(8-9-16)18-14-24(11-5-10-23)19-12-17(27-2)13-20(28-3)21(19)22(18)25/h6-9,12-14H,4-5,11H2,1-3H3. The first kappa shape index (κ1) is 19.3. The molecule has 0 bridgehead atoms. The normalized spacial score (nSPS) is 13.4. The molecule has 0 radical (unpaired) electrons. The van der Waals surface area contributed by atoms with Gasteiger partial charge >= 0.3 is 0 Å². The summed E-state index contributed by atoms with van der Waals surface area (Å²) in [5.74, 6) is 1.78. The van der Waals surface area contributed by atoms with Gasteiger partial charge in [-0.25, -0.2) is 0 Å². The van der Waals surface area contributed by atoms with Gasteiger partial charge in [0.05, 0.1) is 44.7 Å². The summed E-state index contributed by atoms with van der Waals surface area (Å²) in [7, 11) is 4.71. The zero-order valence-electron chi connectivity index (χ0n) is 16.2. The van der Waals surface area contributed by atoms with E-state index in [-0.39, 0.29) is 5.43 Å². The van der Waals surface area contributed by atoms with Crippen molar-refractivity contribution in [2.75, 3.05) is 21.3 Å². The van der Waals surface area contributed by atoms with Crippen LogP contribution < -0.4 is 14.9 Å². The van der Waals surface area contributed by atoms with Gasteiger partial charge in [-0.2, -0.15) is 5.26 Å². The number of allylic oxidation sites excluding steroid dienone is 5. The number of aryl methyl sites for hydroxylation is 1. The van der Waals surface area contributed by atoms with Crippen LogP contribution in [0.5, 0.6) is 11.5 Å². The van der Waals surface area contributed by atoms with E-state index in [1.807, 2.05) is 28.9 Å². The molecule has 144 valence electrons. The van der Waals surface area contributed by atoms with E-state index in [1.165, 1.54) is 7.11 Å². The van der Waals surface area contributed by atoms with Crippen LogP contribution in [0.2, 0.25) is 0 Å². The first-order chi connectivity index (χ1) is 13.6. The third kappa shape index (κ3) is 3.65. The molecule has 28 heavy (non-hydrogen) atoms. The molecule has 0 saturated heterocycles. The van der Waals surface area contributed by atoms with Gasteiger partial charge in [0.15, 0.2) is 0 Å². The number of fused-ring (bicyclic) bond motifs is 1. The van der Waals surface area contributed by atoms with Crippen molar-refractivity contribution in [2.45, 2.75) is 19.4 Å². The summed E-state index contributed by atoms with van der Waals surface area (Å²) < 4.78 is 18.0. The summed E-state index contributed by atoms with van der Waals surface area (Å²) in [5.41, 5.74) is 1.91. The summed E-state index contributed by atoms with van der Waals surface area (Å²) in [5, 5.41) is 9.52. The van der Waals surface area contributed by atoms with Crippen molar-refractivity contribution in [1.82, 2.24) is 4.57 Å². The van der Waals surface area contributed by atoms with Crippen LogP contribution in [0.1, 0.15) is 18.4 Å². The smallest absolute Gasteiger partial charge is 0.200 e. The molecule has 6 heteroatoms. The molecule has 0 amide bonds. The lowest BCUT2D eigenvalue weighted by Crippen LogP contribution is -2.15. The molecule has 0 unspecified atom stereocenters. The van der Waals surface area contributed by atoms with E-state index in [1.54, 1.807) is 32.5 Å². The van der Waals surface area contributed by atoms with Crippen molar-refractivity contribution in [3.8, 4) is 17.6 Å². The van der Waals surface area contributed by atoms with Gasteiger partial charge in [-0.05, 0) is 24.1 Å². The Labute approximate surface area is 163 Å². The average Bonchev–Trinajstić information content (AvgIpc) is 2.98. The molecule has 0 N–H and O–H groups in total. The van der Waals surface area contributed by atoms with E-state index in [0.717, 1.165) is 11.3 Å². The van der Waals surface area contributed by atoms with Crippen molar-refractivity contribution < 1.29 is 14.2 Å². The van der Waals surface area contributed by atoms with Gasteiger partial charge in [0.2, 0.25) is 5.43 Å². The average molecular weight is 378 g/mol. The summed E-state index contributed by atoms with van der Waals surface area (Å²) in [6.45, 7) is 0.454. The van der Waals surface area contributed by atoms with Gasteiger partial charge in [-0.15, -0.1) is 0 Å². The minimum Gasteiger partial charge on any atom is -0.497 e. The number of ether oxygens (including phenoxy) is 3. The first-order valence-corrected chi connectivity index (χ1v) is 8.91. The number of nitrogens with zero attached hydrogens (tertiary/aromatic N) is 2. The Morgan fingerprint density at radius 1 is 1.11 bits per heavy atom. The van der Waals surface area contributed by atoms with E-state index >= 15 is 0 Å². The second-order valence-electron chi connectivity index (χ2n) is 6.24. The van der Waals surface area contributed by atoms with Crippen LogP contribution in [0.15, 0.2) is 53.2 Å². The number of hydrogen-bond donors (Lipinski definition) is 0. The quantitative estimate of drug-likeness (QED) is 0.764. The number of nitriles is 1. The molecule has 1 aromatic carbocycles. The molecule has 0 saturated carbocycles. The summed E-state index contributed by atoms with van der Waals surface area (Å²) in [6, 6.07) is 5.65. The molecule has 0 fully saturated rings. The molecule has 0 aliphatic heterocycles. The Kier molecular flexibility index (Phi) is 5.85. The molecule has 0 atom stereocenters. The fraction of sp³-hybridized carbons (Fsp3) is 0.273. The van der Waals surface area contributed by atoms with Crippen LogP contribution >= 0.6 is 0 Å². The lowest BCUT2D eigenvalue weighted by Gasteiger charge is -2.16. The lowest BCUT2D eigenvalue weighted by atomic mass is 10.0. The number of methoxy groups -OCH3 is 3. The summed E-state index contributed by atoms with van der Waals surface area (Å²) >= 11 is 0. The van der Waals surface area contributed by atoms with Gasteiger partial charge in [-0.3, -0.25) is 4.79 Å². The number of aromatic nitrogens is 1. The molecular weight excluding hydrogens is 356 g/mol. The predicted octanol–water partition coefficient (Wildman–Crippen LogP) is 3.81. The third-order valence-electron chi connectivity index (χ3n) is 4.67. The maximum absolute atomic E-state index is 13.4. The minimum atomic E-state index is -0.125. The Hall–Kier alpha value is -3.46. The van der Waals surface area contributed by atoms with Crippen LogP contribution in [0.3, 0.4) is 0 Å². The van der Waals surface area contributed by atoms with E-state index < -0.39 is 0 Å². The molecule has 1 aromatic heterocycles. The zero-order valence-corrected chi connectivity index (χ0v) is 16.2. The van der Waals surface area contributed by atoms with Crippen LogP contribution in [-0.2, 0) is 11.3 Å². The Morgan fingerprint density at radius 2 is 1.93 bits per heavy atom. The Balaban J connectivity index is 2.28. The van der Waals surface area contributed by atoms with E-state index in [9.17, 15) is 4.79 Å². The van der Waals surface area contributed by atoms with Gasteiger partial charge in [0.25, 0.3) is 0 Å². The maximum atomic E-state index is 13.4. The number of benzene rings is 1. The number of rotatable bonds is 6. The van der Waals surface area contributed by atoms with Crippen molar-refractivity contribution >= 4 is 16.5 Å². The van der Waals surface area contributed by atoms with Gasteiger partial charge in [0, 0.05) is 30.4 Å². The molecule has 0 spiro atoms. The van der Waals surface area contributed by atoms with Crippen molar-refractivity contribution in [1.29, 1.82) is 5.26 Å². The topological polar surface area (TPSA) is 73.5 Å². The minimum absolute atomic E-state index is 0.125. The monoisotopic (exact) mass is 378 g/mol. The summed E-state index contributed by atoms with van der Waals surface area (Å²) in [6.07, 6.45) is 10.4. The second kappa shape index (κ2) is 8.49. The van der Waals surface area contributed by atoms with Gasteiger partial charge in [0.1, 0.15) is 17.3 Å². The second-order valence-corrected chi connectivity index (χ2v) is 6.24. The highest BCUT2D eigenvalue weighted by Gasteiger charge is 2.17. The summed E-state index contributed by atoms with van der Waals surface area (Å²) in [4.78, 5) is 13.4. The number of hydrogen-bond acceptors (Lipinski definition) is 5.